The number of nitrogens with one attached hydrogen (secondary N) is 1. The first-order valence-electron chi connectivity index (χ1n) is 8.43. The van der Waals surface area contributed by atoms with Crippen molar-refractivity contribution in [2.45, 2.75) is 12.8 Å². The van der Waals surface area contributed by atoms with Gasteiger partial charge in [0.15, 0.2) is 0 Å². The first kappa shape index (κ1) is 21.7. The lowest BCUT2D eigenvalue weighted by Gasteiger charge is -2.22. The summed E-state index contributed by atoms with van der Waals surface area (Å²) in [5.41, 5.74) is 1.02. The molecule has 0 aliphatic heterocycles. The molecule has 0 unspecified atom stereocenters. The number of carbonyl (C=O) groups is 2. The van der Waals surface area contributed by atoms with E-state index in [1.807, 2.05) is 0 Å². The SMILES string of the molecule is COC(=O)c1ccccc1NC(=O)CCCN(c1cccc(Cl)c1)S(C)(=O)=O. The van der Waals surface area contributed by atoms with E-state index in [0.29, 0.717) is 16.4 Å². The monoisotopic (exact) mass is 424 g/mol. The predicted molar refractivity (Wildman–Crippen MR) is 109 cm³/mol. The minimum Gasteiger partial charge on any atom is -0.465 e. The van der Waals surface area contributed by atoms with E-state index in [9.17, 15) is 18.0 Å². The molecule has 150 valence electrons. The molecule has 9 heteroatoms. The number of hydrogen-bond donors (Lipinski definition) is 1. The fraction of sp³-hybridized carbons (Fsp3) is 0.263. The van der Waals surface area contributed by atoms with Crippen molar-refractivity contribution in [2.24, 2.45) is 0 Å². The standard InChI is InChI=1S/C19H21ClN2O5S/c1-27-19(24)16-9-3-4-10-17(16)21-18(23)11-6-12-22(28(2,25)26)15-8-5-7-14(20)13-15/h3-5,7-10,13H,6,11-12H2,1-2H3,(H,21,23). The molecule has 0 bridgehead atoms. The number of sulfonamides is 1. The molecule has 0 saturated heterocycles. The van der Waals surface area contributed by atoms with E-state index in [4.69, 9.17) is 16.3 Å². The van der Waals surface area contributed by atoms with Gasteiger partial charge < -0.3 is 10.1 Å². The molecule has 28 heavy (non-hydrogen) atoms. The number of halogens is 1. The van der Waals surface area contributed by atoms with Gasteiger partial charge in [-0.1, -0.05) is 29.8 Å². The predicted octanol–water partition coefficient (Wildman–Crippen LogP) is 3.31. The van der Waals surface area contributed by atoms with E-state index >= 15 is 0 Å². The number of methoxy groups -OCH3 is 1. The number of amides is 1. The molecule has 0 spiro atoms. The molecule has 2 aromatic carbocycles. The molecule has 2 rings (SSSR count). The van der Waals surface area contributed by atoms with E-state index in [0.717, 1.165) is 6.26 Å². The summed E-state index contributed by atoms with van der Waals surface area (Å²) in [5, 5.41) is 3.08. The van der Waals surface area contributed by atoms with Crippen LogP contribution in [0, 0.1) is 0 Å². The zero-order chi connectivity index (χ0) is 20.7. The number of hydrogen-bond acceptors (Lipinski definition) is 5. The van der Waals surface area contributed by atoms with Gasteiger partial charge in [-0.2, -0.15) is 0 Å². The van der Waals surface area contributed by atoms with E-state index in [2.05, 4.69) is 5.32 Å². The smallest absolute Gasteiger partial charge is 0.339 e. The first-order valence-corrected chi connectivity index (χ1v) is 10.7. The molecule has 0 radical (unpaired) electrons. The Bertz CT molecular complexity index is 962. The Labute approximate surface area is 169 Å². The van der Waals surface area contributed by atoms with E-state index < -0.39 is 16.0 Å². The van der Waals surface area contributed by atoms with Gasteiger partial charge >= 0.3 is 5.97 Å². The summed E-state index contributed by atoms with van der Waals surface area (Å²) in [4.78, 5) is 24.0. The van der Waals surface area contributed by atoms with Crippen LogP contribution in [0.1, 0.15) is 23.2 Å². The third kappa shape index (κ3) is 5.97. The topological polar surface area (TPSA) is 92.8 Å². The minimum absolute atomic E-state index is 0.0715. The summed E-state index contributed by atoms with van der Waals surface area (Å²) in [5.74, 6) is -0.893. The third-order valence-corrected chi connectivity index (χ3v) is 5.30. The van der Waals surface area contributed by atoms with E-state index in [-0.39, 0.29) is 30.9 Å². The molecular weight excluding hydrogens is 404 g/mol. The van der Waals surface area contributed by atoms with Gasteiger partial charge in [0, 0.05) is 18.0 Å². The van der Waals surface area contributed by atoms with Crippen LogP contribution >= 0.6 is 11.6 Å². The highest BCUT2D eigenvalue weighted by Crippen LogP contribution is 2.22. The lowest BCUT2D eigenvalue weighted by atomic mass is 10.1. The highest BCUT2D eigenvalue weighted by atomic mass is 35.5. The number of rotatable bonds is 8. The number of benzene rings is 2. The number of nitrogens with zero attached hydrogens (tertiary/aromatic N) is 1. The molecule has 0 saturated carbocycles. The molecule has 2 aromatic rings. The fourth-order valence-electron chi connectivity index (χ4n) is 2.59. The molecule has 0 atom stereocenters. The Hall–Kier alpha value is -2.58. The normalized spacial score (nSPS) is 11.0. The van der Waals surface area contributed by atoms with Gasteiger partial charge in [0.25, 0.3) is 0 Å². The molecule has 7 nitrogen and oxygen atoms in total. The number of ether oxygens (including phenoxy) is 1. The average molecular weight is 425 g/mol. The van der Waals surface area contributed by atoms with Crippen molar-refractivity contribution in [1.82, 2.24) is 0 Å². The second-order valence-electron chi connectivity index (χ2n) is 6.00. The van der Waals surface area contributed by atoms with Crippen LogP contribution in [-0.2, 0) is 19.6 Å². The van der Waals surface area contributed by atoms with Gasteiger partial charge in [0.1, 0.15) is 0 Å². The molecular formula is C19H21ClN2O5S. The lowest BCUT2D eigenvalue weighted by Crippen LogP contribution is -2.31. The summed E-state index contributed by atoms with van der Waals surface area (Å²) in [6.07, 6.45) is 1.45. The van der Waals surface area contributed by atoms with Crippen LogP contribution in [-0.4, -0.2) is 40.2 Å². The maximum Gasteiger partial charge on any atom is 0.339 e. The van der Waals surface area contributed by atoms with Gasteiger partial charge in [-0.15, -0.1) is 0 Å². The van der Waals surface area contributed by atoms with Crippen LogP contribution in [0.5, 0.6) is 0 Å². The van der Waals surface area contributed by atoms with Crippen LogP contribution in [0.4, 0.5) is 11.4 Å². The number of para-hydroxylation sites is 1. The average Bonchev–Trinajstić information content (AvgIpc) is 2.64. The Kier molecular flexibility index (Phi) is 7.42. The van der Waals surface area contributed by atoms with Crippen LogP contribution in [0.2, 0.25) is 5.02 Å². The van der Waals surface area contributed by atoms with Crippen molar-refractivity contribution >= 4 is 44.9 Å². The van der Waals surface area contributed by atoms with Crippen LogP contribution < -0.4 is 9.62 Å². The highest BCUT2D eigenvalue weighted by molar-refractivity contribution is 7.92. The molecule has 0 heterocycles. The number of esters is 1. The third-order valence-electron chi connectivity index (χ3n) is 3.87. The minimum atomic E-state index is -3.53. The molecule has 0 aliphatic rings. The van der Waals surface area contributed by atoms with Crippen molar-refractivity contribution in [3.05, 3.63) is 59.1 Å². The Morgan fingerprint density at radius 1 is 1.14 bits per heavy atom. The van der Waals surface area contributed by atoms with Crippen LogP contribution in [0.3, 0.4) is 0 Å². The Morgan fingerprint density at radius 2 is 1.86 bits per heavy atom. The number of carbonyl (C=O) groups excluding carboxylic acids is 2. The lowest BCUT2D eigenvalue weighted by molar-refractivity contribution is -0.116. The zero-order valence-corrected chi connectivity index (χ0v) is 17.1. The summed E-state index contributed by atoms with van der Waals surface area (Å²) < 4.78 is 30.1. The first-order chi connectivity index (χ1) is 13.2. The van der Waals surface area contributed by atoms with Gasteiger partial charge in [-0.05, 0) is 36.8 Å². The largest absolute Gasteiger partial charge is 0.465 e. The van der Waals surface area contributed by atoms with Crippen molar-refractivity contribution in [3.63, 3.8) is 0 Å². The summed E-state index contributed by atoms with van der Waals surface area (Å²) >= 11 is 5.94. The van der Waals surface area contributed by atoms with Gasteiger partial charge in [0.05, 0.1) is 30.3 Å². The quantitative estimate of drug-likeness (QED) is 0.656. The highest BCUT2D eigenvalue weighted by Gasteiger charge is 2.18. The molecule has 0 aromatic heterocycles. The Balaban J connectivity index is 2.01. The van der Waals surface area contributed by atoms with Crippen molar-refractivity contribution < 1.29 is 22.7 Å². The molecule has 0 aliphatic carbocycles. The van der Waals surface area contributed by atoms with Gasteiger partial charge in [-0.25, -0.2) is 13.2 Å². The summed E-state index contributed by atoms with van der Waals surface area (Å²) in [6.45, 7) is 0.116. The van der Waals surface area contributed by atoms with Crippen LogP contribution in [0.15, 0.2) is 48.5 Å². The zero-order valence-electron chi connectivity index (χ0n) is 15.5. The Morgan fingerprint density at radius 3 is 2.50 bits per heavy atom. The van der Waals surface area contributed by atoms with Crippen molar-refractivity contribution in [3.8, 4) is 0 Å². The summed E-state index contributed by atoms with van der Waals surface area (Å²) in [7, 11) is -2.27. The van der Waals surface area contributed by atoms with Gasteiger partial charge in [0.2, 0.25) is 15.9 Å². The van der Waals surface area contributed by atoms with E-state index in [1.165, 1.54) is 11.4 Å². The second-order valence-corrected chi connectivity index (χ2v) is 8.35. The van der Waals surface area contributed by atoms with Crippen molar-refractivity contribution in [2.75, 3.05) is 29.5 Å². The molecule has 0 fully saturated rings. The maximum atomic E-state index is 12.2. The van der Waals surface area contributed by atoms with Crippen LogP contribution in [0.25, 0.3) is 0 Å². The molecule has 1 amide bonds. The van der Waals surface area contributed by atoms with Gasteiger partial charge in [-0.3, -0.25) is 9.10 Å². The summed E-state index contributed by atoms with van der Waals surface area (Å²) in [6, 6.07) is 13.0. The second kappa shape index (κ2) is 9.57. The number of anilines is 2. The van der Waals surface area contributed by atoms with Crippen molar-refractivity contribution in [1.29, 1.82) is 0 Å². The van der Waals surface area contributed by atoms with E-state index in [1.54, 1.807) is 48.5 Å². The molecule has 1 N–H and O–H groups in total. The maximum absolute atomic E-state index is 12.2. The fourth-order valence-corrected chi connectivity index (χ4v) is 3.74.